The number of carbonyl (C=O) groups excluding carboxylic acids is 2. The molecule has 168 valence electrons. The van der Waals surface area contributed by atoms with Crippen LogP contribution in [0.25, 0.3) is 28.0 Å². The minimum Gasteiger partial charge on any atom is -0.352 e. The van der Waals surface area contributed by atoms with Crippen molar-refractivity contribution >= 4 is 22.7 Å². The molecular weight excluding hydrogens is 421 g/mol. The molecule has 0 aliphatic heterocycles. The van der Waals surface area contributed by atoms with Gasteiger partial charge in [0.2, 0.25) is 11.9 Å². The number of carbonyl (C=O) groups is 2. The molecular formula is C25H24FN5O2. The number of hydrogen-bond donors (Lipinski definition) is 1. The van der Waals surface area contributed by atoms with Crippen LogP contribution in [0, 0.1) is 12.7 Å². The second-order valence-corrected chi connectivity index (χ2v) is 7.96. The van der Waals surface area contributed by atoms with E-state index in [1.807, 2.05) is 23.8 Å². The summed E-state index contributed by atoms with van der Waals surface area (Å²) in [5.41, 5.74) is 3.28. The summed E-state index contributed by atoms with van der Waals surface area (Å²) in [5.74, 6) is -0.225. The van der Waals surface area contributed by atoms with Crippen LogP contribution < -0.4 is 5.32 Å². The number of rotatable bonds is 6. The second kappa shape index (κ2) is 9.20. The van der Waals surface area contributed by atoms with Crippen LogP contribution in [0.2, 0.25) is 0 Å². The number of aromatic nitrogens is 3. The first-order valence-electron chi connectivity index (χ1n) is 10.5. The first-order valence-corrected chi connectivity index (χ1v) is 10.5. The molecule has 4 aromatic rings. The van der Waals surface area contributed by atoms with Gasteiger partial charge in [-0.2, -0.15) is 0 Å². The first kappa shape index (κ1) is 22.1. The lowest BCUT2D eigenvalue weighted by atomic mass is 10.1. The number of benzene rings is 2. The summed E-state index contributed by atoms with van der Waals surface area (Å²) < 4.78 is 15.9. The largest absolute Gasteiger partial charge is 0.352 e. The van der Waals surface area contributed by atoms with Gasteiger partial charge in [-0.05, 0) is 30.7 Å². The number of halogens is 1. The zero-order chi connectivity index (χ0) is 23.5. The number of fused-ring (bicyclic) bond motifs is 1. The van der Waals surface area contributed by atoms with Gasteiger partial charge in [-0.1, -0.05) is 24.3 Å². The van der Waals surface area contributed by atoms with Crippen molar-refractivity contribution in [1.82, 2.24) is 24.8 Å². The van der Waals surface area contributed by atoms with Crippen molar-refractivity contribution in [1.29, 1.82) is 0 Å². The van der Waals surface area contributed by atoms with E-state index in [-0.39, 0.29) is 30.6 Å². The van der Waals surface area contributed by atoms with E-state index in [0.717, 1.165) is 16.5 Å². The van der Waals surface area contributed by atoms with Crippen LogP contribution in [0.4, 0.5) is 4.39 Å². The Balaban J connectivity index is 1.60. The van der Waals surface area contributed by atoms with Crippen molar-refractivity contribution in [3.8, 4) is 17.1 Å². The molecule has 4 rings (SSSR count). The zero-order valence-corrected chi connectivity index (χ0v) is 18.7. The smallest absolute Gasteiger partial charge is 0.251 e. The third-order valence-corrected chi connectivity index (χ3v) is 5.43. The highest BCUT2D eigenvalue weighted by molar-refractivity contribution is 5.99. The monoisotopic (exact) mass is 445 g/mol. The van der Waals surface area contributed by atoms with Crippen LogP contribution in [-0.4, -0.2) is 51.9 Å². The summed E-state index contributed by atoms with van der Waals surface area (Å²) >= 11 is 0. The Morgan fingerprint density at radius 2 is 1.82 bits per heavy atom. The number of hydrogen-bond acceptors (Lipinski definition) is 4. The summed E-state index contributed by atoms with van der Waals surface area (Å²) in [6.45, 7) is 2.23. The molecule has 2 aromatic carbocycles. The number of amides is 2. The van der Waals surface area contributed by atoms with E-state index in [0.29, 0.717) is 22.6 Å². The average Bonchev–Trinajstić information content (AvgIpc) is 3.15. The fraction of sp³-hybridized carbons (Fsp3) is 0.200. The van der Waals surface area contributed by atoms with Crippen molar-refractivity contribution in [3.63, 3.8) is 0 Å². The van der Waals surface area contributed by atoms with Gasteiger partial charge < -0.3 is 10.2 Å². The molecule has 1 N–H and O–H groups in total. The zero-order valence-electron chi connectivity index (χ0n) is 18.7. The van der Waals surface area contributed by atoms with E-state index >= 15 is 0 Å². The minimum absolute atomic E-state index is 0.0498. The quantitative estimate of drug-likeness (QED) is 0.490. The van der Waals surface area contributed by atoms with E-state index in [1.165, 1.54) is 11.0 Å². The molecule has 7 nitrogen and oxygen atoms in total. The second-order valence-electron chi connectivity index (χ2n) is 7.96. The molecule has 8 heteroatoms. The maximum atomic E-state index is 14.1. The molecule has 33 heavy (non-hydrogen) atoms. The van der Waals surface area contributed by atoms with Gasteiger partial charge in [-0.3, -0.25) is 14.2 Å². The van der Waals surface area contributed by atoms with E-state index < -0.39 is 0 Å². The molecule has 0 bridgehead atoms. The highest BCUT2D eigenvalue weighted by Gasteiger charge is 2.14. The van der Waals surface area contributed by atoms with Crippen molar-refractivity contribution in [2.75, 3.05) is 20.6 Å². The number of nitrogens with zero attached hydrogens (tertiary/aromatic N) is 4. The normalized spacial score (nSPS) is 10.9. The van der Waals surface area contributed by atoms with E-state index in [9.17, 15) is 14.0 Å². The van der Waals surface area contributed by atoms with Gasteiger partial charge in [0.25, 0.3) is 5.91 Å². The van der Waals surface area contributed by atoms with Gasteiger partial charge in [-0.25, -0.2) is 14.4 Å². The van der Waals surface area contributed by atoms with Crippen molar-refractivity contribution in [2.45, 2.75) is 13.3 Å². The van der Waals surface area contributed by atoms with Gasteiger partial charge in [0, 0.05) is 67.7 Å². The predicted octanol–water partition coefficient (Wildman–Crippen LogP) is 3.74. The summed E-state index contributed by atoms with van der Waals surface area (Å²) in [5, 5.41) is 3.75. The Morgan fingerprint density at radius 1 is 1.09 bits per heavy atom. The van der Waals surface area contributed by atoms with Gasteiger partial charge in [0.1, 0.15) is 5.82 Å². The van der Waals surface area contributed by atoms with Gasteiger partial charge in [-0.15, -0.1) is 0 Å². The molecule has 2 amide bonds. The Morgan fingerprint density at radius 3 is 2.52 bits per heavy atom. The van der Waals surface area contributed by atoms with Gasteiger partial charge in [0.15, 0.2) is 0 Å². The molecule has 0 radical (unpaired) electrons. The molecule has 0 saturated heterocycles. The van der Waals surface area contributed by atoms with Gasteiger partial charge in [0.05, 0.1) is 5.52 Å². The highest BCUT2D eigenvalue weighted by atomic mass is 19.1. The van der Waals surface area contributed by atoms with E-state index in [4.69, 9.17) is 0 Å². The standard InChI is InChI=1S/C25H24FN5O2/c1-16-15-31(25-28-13-18(14-29-25)20-6-4-5-7-21(20)26)22-12-17(8-9-19(16)22)24(33)27-11-10-23(32)30(2)3/h4-9,12-15H,10-11H2,1-3H3,(H,27,33). The minimum atomic E-state index is -0.334. The van der Waals surface area contributed by atoms with E-state index in [2.05, 4.69) is 15.3 Å². The fourth-order valence-electron chi connectivity index (χ4n) is 3.59. The third-order valence-electron chi connectivity index (χ3n) is 5.43. The Hall–Kier alpha value is -4.07. The summed E-state index contributed by atoms with van der Waals surface area (Å²) in [6, 6.07) is 11.9. The predicted molar refractivity (Wildman–Crippen MR) is 125 cm³/mol. The van der Waals surface area contributed by atoms with Gasteiger partial charge >= 0.3 is 0 Å². The van der Waals surface area contributed by atoms with Crippen LogP contribution in [0.3, 0.4) is 0 Å². The average molecular weight is 445 g/mol. The maximum Gasteiger partial charge on any atom is 0.251 e. The highest BCUT2D eigenvalue weighted by Crippen LogP contribution is 2.26. The molecule has 0 unspecified atom stereocenters. The third kappa shape index (κ3) is 4.59. The molecule has 0 atom stereocenters. The number of nitrogens with one attached hydrogen (secondary N) is 1. The Kier molecular flexibility index (Phi) is 6.17. The van der Waals surface area contributed by atoms with E-state index in [1.54, 1.807) is 56.8 Å². The number of aryl methyl sites for hydroxylation is 1. The molecule has 0 saturated carbocycles. The van der Waals surface area contributed by atoms with Crippen LogP contribution in [0.5, 0.6) is 0 Å². The molecule has 2 heterocycles. The lowest BCUT2D eigenvalue weighted by molar-refractivity contribution is -0.128. The lowest BCUT2D eigenvalue weighted by Crippen LogP contribution is -2.30. The van der Waals surface area contributed by atoms with Crippen LogP contribution in [0.15, 0.2) is 61.1 Å². The van der Waals surface area contributed by atoms with Crippen molar-refractivity contribution in [3.05, 3.63) is 78.0 Å². The summed E-state index contributed by atoms with van der Waals surface area (Å²) in [7, 11) is 3.36. The molecule has 0 spiro atoms. The van der Waals surface area contributed by atoms with Crippen molar-refractivity contribution in [2.24, 2.45) is 0 Å². The summed E-state index contributed by atoms with van der Waals surface area (Å²) in [6.07, 6.45) is 5.30. The first-order chi connectivity index (χ1) is 15.8. The Bertz CT molecular complexity index is 1330. The fourth-order valence-corrected chi connectivity index (χ4v) is 3.59. The van der Waals surface area contributed by atoms with Crippen LogP contribution in [-0.2, 0) is 4.79 Å². The Labute approximate surface area is 190 Å². The molecule has 0 aliphatic rings. The van der Waals surface area contributed by atoms with Crippen molar-refractivity contribution < 1.29 is 14.0 Å². The van der Waals surface area contributed by atoms with Crippen LogP contribution in [0.1, 0.15) is 22.3 Å². The molecule has 0 aliphatic carbocycles. The van der Waals surface area contributed by atoms with Crippen LogP contribution >= 0.6 is 0 Å². The molecule has 0 fully saturated rings. The molecule has 2 aromatic heterocycles. The maximum absolute atomic E-state index is 14.1. The summed E-state index contributed by atoms with van der Waals surface area (Å²) in [4.78, 5) is 34.7. The SMILES string of the molecule is Cc1cn(-c2ncc(-c3ccccc3F)cn2)c2cc(C(=O)NCCC(=O)N(C)C)ccc12. The lowest BCUT2D eigenvalue weighted by Gasteiger charge is -2.11. The topological polar surface area (TPSA) is 80.1 Å².